The number of nitrogens with one attached hydrogen (secondary N) is 2. The van der Waals surface area contributed by atoms with Gasteiger partial charge in [-0.1, -0.05) is 123 Å². The first-order chi connectivity index (χ1) is 18.3. The predicted octanol–water partition coefficient (Wildman–Crippen LogP) is 6.75. The molecule has 0 bridgehead atoms. The van der Waals surface area contributed by atoms with Crippen molar-refractivity contribution in [2.45, 2.75) is 167 Å². The van der Waals surface area contributed by atoms with Gasteiger partial charge in [0.15, 0.2) is 0 Å². The second-order valence-corrected chi connectivity index (χ2v) is 10.7. The molecule has 0 aromatic heterocycles. The molecule has 0 aromatic rings. The second-order valence-electron chi connectivity index (χ2n) is 10.7. The van der Waals surface area contributed by atoms with Crippen LogP contribution in [0.2, 0.25) is 0 Å². The molecular formula is C30H56N2O6. The predicted molar refractivity (Wildman–Crippen MR) is 152 cm³/mol. The third kappa shape index (κ3) is 21.9. The lowest BCUT2D eigenvalue weighted by molar-refractivity contribution is -0.143. The van der Waals surface area contributed by atoms with E-state index in [2.05, 4.69) is 17.6 Å². The molecule has 222 valence electrons. The zero-order valence-corrected chi connectivity index (χ0v) is 24.2. The minimum atomic E-state index is -1.20. The summed E-state index contributed by atoms with van der Waals surface area (Å²) in [4.78, 5) is 46.8. The smallest absolute Gasteiger partial charge is 0.326 e. The summed E-state index contributed by atoms with van der Waals surface area (Å²) >= 11 is 0. The SMILES string of the molecule is CCCCCCCCCCCCCCCCCCCC(=O)NC(CCC(=O)NC(CCC)C(=O)O)C(=O)O. The van der Waals surface area contributed by atoms with Crippen LogP contribution < -0.4 is 10.6 Å². The third-order valence-electron chi connectivity index (χ3n) is 7.01. The number of unbranched alkanes of at least 4 members (excludes halogenated alkanes) is 16. The highest BCUT2D eigenvalue weighted by Gasteiger charge is 2.23. The zero-order chi connectivity index (χ0) is 28.4. The standard InChI is InChI=1S/C30H56N2O6/c1-3-5-6-7-8-9-10-11-12-13-14-15-16-17-18-19-20-22-27(33)32-26(30(37)38)23-24-28(34)31-25(21-4-2)29(35)36/h25-26H,3-24H2,1-2H3,(H,31,34)(H,32,33)(H,35,36)(H,37,38). The van der Waals surface area contributed by atoms with Gasteiger partial charge in [0.1, 0.15) is 12.1 Å². The molecule has 8 nitrogen and oxygen atoms in total. The van der Waals surface area contributed by atoms with Crippen LogP contribution >= 0.6 is 0 Å². The van der Waals surface area contributed by atoms with Crippen molar-refractivity contribution < 1.29 is 29.4 Å². The van der Waals surface area contributed by atoms with Crippen LogP contribution in [0.4, 0.5) is 0 Å². The van der Waals surface area contributed by atoms with Gasteiger partial charge in [-0.3, -0.25) is 9.59 Å². The van der Waals surface area contributed by atoms with Gasteiger partial charge in [0.25, 0.3) is 0 Å². The molecule has 38 heavy (non-hydrogen) atoms. The summed E-state index contributed by atoms with van der Waals surface area (Å²) in [6.45, 7) is 4.08. The largest absolute Gasteiger partial charge is 0.480 e. The highest BCUT2D eigenvalue weighted by molar-refractivity contribution is 5.86. The Balaban J connectivity index is 3.76. The van der Waals surface area contributed by atoms with Crippen LogP contribution in [0.15, 0.2) is 0 Å². The molecule has 0 aliphatic rings. The fourth-order valence-electron chi connectivity index (χ4n) is 4.62. The molecule has 2 amide bonds. The number of aliphatic carboxylic acids is 2. The lowest BCUT2D eigenvalue weighted by Gasteiger charge is -2.16. The number of rotatable bonds is 27. The number of carboxylic acid groups (broad SMARTS) is 2. The molecule has 0 saturated carbocycles. The van der Waals surface area contributed by atoms with Gasteiger partial charge in [-0.2, -0.15) is 0 Å². The first-order valence-electron chi connectivity index (χ1n) is 15.4. The molecule has 4 N–H and O–H groups in total. The van der Waals surface area contributed by atoms with Gasteiger partial charge in [0.05, 0.1) is 0 Å². The van der Waals surface area contributed by atoms with E-state index >= 15 is 0 Å². The van der Waals surface area contributed by atoms with Crippen molar-refractivity contribution in [3.63, 3.8) is 0 Å². The van der Waals surface area contributed by atoms with Gasteiger partial charge in [-0.25, -0.2) is 9.59 Å². The quantitative estimate of drug-likeness (QED) is 0.0852. The fraction of sp³-hybridized carbons (Fsp3) is 0.867. The average molecular weight is 541 g/mol. The number of amides is 2. The summed E-state index contributed by atoms with van der Waals surface area (Å²) in [6, 6.07) is -2.14. The van der Waals surface area contributed by atoms with Gasteiger partial charge < -0.3 is 20.8 Å². The summed E-state index contributed by atoms with van der Waals surface area (Å²) in [5, 5.41) is 23.4. The van der Waals surface area contributed by atoms with Crippen LogP contribution in [0.25, 0.3) is 0 Å². The van der Waals surface area contributed by atoms with E-state index in [1.165, 1.54) is 89.9 Å². The molecule has 8 heteroatoms. The van der Waals surface area contributed by atoms with Gasteiger partial charge in [-0.05, 0) is 19.3 Å². The van der Waals surface area contributed by atoms with Gasteiger partial charge in [0, 0.05) is 12.8 Å². The Labute approximate surface area is 231 Å². The number of hydrogen-bond donors (Lipinski definition) is 4. The molecule has 0 aromatic carbocycles. The Morgan fingerprint density at radius 1 is 0.474 bits per heavy atom. The maximum atomic E-state index is 12.2. The molecule has 0 rings (SSSR count). The van der Waals surface area contributed by atoms with Crippen molar-refractivity contribution in [3.05, 3.63) is 0 Å². The van der Waals surface area contributed by atoms with Crippen molar-refractivity contribution in [1.29, 1.82) is 0 Å². The number of hydrogen-bond acceptors (Lipinski definition) is 4. The fourth-order valence-corrected chi connectivity index (χ4v) is 4.62. The first-order valence-corrected chi connectivity index (χ1v) is 15.4. The summed E-state index contributed by atoms with van der Waals surface area (Å²) in [5.74, 6) is -3.16. The van der Waals surface area contributed by atoms with Crippen LogP contribution in [0.3, 0.4) is 0 Å². The van der Waals surface area contributed by atoms with Crippen LogP contribution in [0.5, 0.6) is 0 Å². The first kappa shape index (κ1) is 35.9. The van der Waals surface area contributed by atoms with E-state index in [0.717, 1.165) is 12.8 Å². The van der Waals surface area contributed by atoms with Crippen molar-refractivity contribution in [2.24, 2.45) is 0 Å². The lowest BCUT2D eigenvalue weighted by atomic mass is 10.0. The molecule has 0 aliphatic carbocycles. The second kappa shape index (κ2) is 25.2. The zero-order valence-electron chi connectivity index (χ0n) is 24.2. The molecule has 0 radical (unpaired) electrons. The summed E-state index contributed by atoms with van der Waals surface area (Å²) < 4.78 is 0. The van der Waals surface area contributed by atoms with E-state index in [4.69, 9.17) is 5.11 Å². The van der Waals surface area contributed by atoms with Gasteiger partial charge in [-0.15, -0.1) is 0 Å². The average Bonchev–Trinajstić information content (AvgIpc) is 2.87. The Hall–Kier alpha value is -2.12. The normalized spacial score (nSPS) is 12.6. The van der Waals surface area contributed by atoms with Crippen molar-refractivity contribution in [3.8, 4) is 0 Å². The van der Waals surface area contributed by atoms with Gasteiger partial charge >= 0.3 is 11.9 Å². The van der Waals surface area contributed by atoms with E-state index in [9.17, 15) is 24.3 Å². The highest BCUT2D eigenvalue weighted by Crippen LogP contribution is 2.14. The molecule has 0 saturated heterocycles. The molecule has 0 fully saturated rings. The number of carboxylic acids is 2. The van der Waals surface area contributed by atoms with Crippen LogP contribution in [-0.4, -0.2) is 46.0 Å². The van der Waals surface area contributed by atoms with Crippen LogP contribution in [0.1, 0.15) is 155 Å². The van der Waals surface area contributed by atoms with Crippen LogP contribution in [0, 0.1) is 0 Å². The minimum Gasteiger partial charge on any atom is -0.480 e. The Bertz CT molecular complexity index is 640. The van der Waals surface area contributed by atoms with Crippen LogP contribution in [-0.2, 0) is 19.2 Å². The monoisotopic (exact) mass is 540 g/mol. The molecule has 2 atom stereocenters. The summed E-state index contributed by atoms with van der Waals surface area (Å²) in [6.07, 6.45) is 22.4. The summed E-state index contributed by atoms with van der Waals surface area (Å²) in [7, 11) is 0. The number of carbonyl (C=O) groups is 4. The molecule has 0 heterocycles. The van der Waals surface area contributed by atoms with Crippen molar-refractivity contribution in [2.75, 3.05) is 0 Å². The van der Waals surface area contributed by atoms with Crippen molar-refractivity contribution in [1.82, 2.24) is 10.6 Å². The van der Waals surface area contributed by atoms with Gasteiger partial charge in [0.2, 0.25) is 11.8 Å². The van der Waals surface area contributed by atoms with Crippen molar-refractivity contribution >= 4 is 23.8 Å². The maximum Gasteiger partial charge on any atom is 0.326 e. The summed E-state index contributed by atoms with van der Waals surface area (Å²) in [5.41, 5.74) is 0. The third-order valence-corrected chi connectivity index (χ3v) is 7.01. The molecular weight excluding hydrogens is 484 g/mol. The molecule has 0 spiro atoms. The van der Waals surface area contributed by atoms with E-state index in [0.29, 0.717) is 19.3 Å². The maximum absolute atomic E-state index is 12.2. The van der Waals surface area contributed by atoms with E-state index in [-0.39, 0.29) is 25.2 Å². The number of carbonyl (C=O) groups excluding carboxylic acids is 2. The van der Waals surface area contributed by atoms with E-state index in [1.54, 1.807) is 0 Å². The molecule has 2 unspecified atom stereocenters. The van der Waals surface area contributed by atoms with E-state index in [1.807, 2.05) is 6.92 Å². The Morgan fingerprint density at radius 2 is 0.816 bits per heavy atom. The lowest BCUT2D eigenvalue weighted by Crippen LogP contribution is -2.43. The Morgan fingerprint density at radius 3 is 1.18 bits per heavy atom. The minimum absolute atomic E-state index is 0.0790. The highest BCUT2D eigenvalue weighted by atomic mass is 16.4. The van der Waals surface area contributed by atoms with E-state index < -0.39 is 29.9 Å². The topological polar surface area (TPSA) is 133 Å². The Kier molecular flexibility index (Phi) is 23.8. The molecule has 0 aliphatic heterocycles.